The van der Waals surface area contributed by atoms with Gasteiger partial charge in [-0.05, 0) is 12.1 Å². The second kappa shape index (κ2) is 8.15. The van der Waals surface area contributed by atoms with E-state index in [9.17, 15) is 9.59 Å². The molecular weight excluding hydrogens is 308 g/mol. The highest BCUT2D eigenvalue weighted by molar-refractivity contribution is 6.02. The molecule has 2 aromatic carbocycles. The minimum absolute atomic E-state index is 0.0589. The summed E-state index contributed by atoms with van der Waals surface area (Å²) in [5.41, 5.74) is 1.03. The van der Waals surface area contributed by atoms with E-state index >= 15 is 0 Å². The zero-order chi connectivity index (χ0) is 17.5. The first-order chi connectivity index (χ1) is 11.6. The lowest BCUT2D eigenvalue weighted by Gasteiger charge is -2.13. The Hall–Kier alpha value is -2.82. The molecule has 0 aliphatic rings. The van der Waals surface area contributed by atoms with Crippen molar-refractivity contribution in [3.05, 3.63) is 53.6 Å². The lowest BCUT2D eigenvalue weighted by molar-refractivity contribution is 0.0917. The Bertz CT molecular complexity index is 697. The molecule has 0 aliphatic carbocycles. The second-order valence-corrected chi connectivity index (χ2v) is 5.13. The summed E-state index contributed by atoms with van der Waals surface area (Å²) in [5, 5.41) is 0. The van der Waals surface area contributed by atoms with Crippen molar-refractivity contribution in [1.82, 2.24) is 0 Å². The fourth-order valence-electron chi connectivity index (χ4n) is 2.38. The molecule has 2 aromatic rings. The topological polar surface area (TPSA) is 61.8 Å². The largest absolute Gasteiger partial charge is 0.493 e. The van der Waals surface area contributed by atoms with Crippen LogP contribution in [0.5, 0.6) is 17.2 Å². The monoisotopic (exact) mass is 328 g/mol. The number of carbonyl (C=O) groups excluding carboxylic acids is 2. The summed E-state index contributed by atoms with van der Waals surface area (Å²) < 4.78 is 15.7. The van der Waals surface area contributed by atoms with Crippen molar-refractivity contribution >= 4 is 11.6 Å². The SMILES string of the molecule is COc1cc(C(=O)CCC(=O)c2ccccc2)cc(OC)c1OC. The lowest BCUT2D eigenvalue weighted by atomic mass is 10.0. The van der Waals surface area contributed by atoms with Crippen molar-refractivity contribution < 1.29 is 23.8 Å². The van der Waals surface area contributed by atoms with Crippen LogP contribution in [-0.2, 0) is 0 Å². The van der Waals surface area contributed by atoms with E-state index in [0.29, 0.717) is 28.4 Å². The number of hydrogen-bond donors (Lipinski definition) is 0. The van der Waals surface area contributed by atoms with Gasteiger partial charge < -0.3 is 14.2 Å². The molecule has 0 spiro atoms. The summed E-state index contributed by atoms with van der Waals surface area (Å²) in [7, 11) is 4.48. The van der Waals surface area contributed by atoms with Crippen LogP contribution in [0.25, 0.3) is 0 Å². The van der Waals surface area contributed by atoms with E-state index in [1.807, 2.05) is 6.07 Å². The fourth-order valence-corrected chi connectivity index (χ4v) is 2.38. The van der Waals surface area contributed by atoms with Gasteiger partial charge in [0.1, 0.15) is 0 Å². The Labute approximate surface area is 141 Å². The van der Waals surface area contributed by atoms with Gasteiger partial charge in [-0.2, -0.15) is 0 Å². The maximum absolute atomic E-state index is 12.4. The number of Topliss-reactive ketones (excluding diaryl/α,β-unsaturated/α-hetero) is 2. The molecule has 126 valence electrons. The van der Waals surface area contributed by atoms with E-state index in [-0.39, 0.29) is 24.4 Å². The summed E-state index contributed by atoms with van der Waals surface area (Å²) in [6, 6.07) is 12.1. The Kier molecular flexibility index (Phi) is 5.95. The number of ether oxygens (including phenoxy) is 3. The Balaban J connectivity index is 2.13. The van der Waals surface area contributed by atoms with E-state index in [1.54, 1.807) is 36.4 Å². The predicted molar refractivity (Wildman–Crippen MR) is 90.4 cm³/mol. The third-order valence-electron chi connectivity index (χ3n) is 3.66. The molecule has 0 atom stereocenters. The minimum atomic E-state index is -0.154. The fraction of sp³-hybridized carbons (Fsp3) is 0.263. The van der Waals surface area contributed by atoms with Crippen LogP contribution >= 0.6 is 0 Å². The van der Waals surface area contributed by atoms with Crippen molar-refractivity contribution in [1.29, 1.82) is 0 Å². The number of benzene rings is 2. The molecule has 24 heavy (non-hydrogen) atoms. The van der Waals surface area contributed by atoms with Crippen LogP contribution in [0.15, 0.2) is 42.5 Å². The zero-order valence-electron chi connectivity index (χ0n) is 14.0. The van der Waals surface area contributed by atoms with E-state index in [0.717, 1.165) is 0 Å². The molecule has 0 amide bonds. The quantitative estimate of drug-likeness (QED) is 0.693. The van der Waals surface area contributed by atoms with Gasteiger partial charge in [-0.3, -0.25) is 9.59 Å². The average Bonchev–Trinajstić information content (AvgIpc) is 2.65. The molecule has 0 saturated carbocycles. The van der Waals surface area contributed by atoms with E-state index < -0.39 is 0 Å². The van der Waals surface area contributed by atoms with Crippen LogP contribution < -0.4 is 14.2 Å². The summed E-state index contributed by atoms with van der Waals surface area (Å²) >= 11 is 0. The number of ketones is 2. The maximum Gasteiger partial charge on any atom is 0.203 e. The normalized spacial score (nSPS) is 10.1. The van der Waals surface area contributed by atoms with E-state index in [2.05, 4.69) is 0 Å². The molecule has 0 aliphatic heterocycles. The van der Waals surface area contributed by atoms with Gasteiger partial charge in [-0.25, -0.2) is 0 Å². The van der Waals surface area contributed by atoms with Crippen molar-refractivity contribution in [2.45, 2.75) is 12.8 Å². The van der Waals surface area contributed by atoms with Crippen LogP contribution in [-0.4, -0.2) is 32.9 Å². The van der Waals surface area contributed by atoms with Crippen molar-refractivity contribution in [3.63, 3.8) is 0 Å². The summed E-state index contributed by atoms with van der Waals surface area (Å²) in [6.07, 6.45) is 0.270. The molecule has 0 radical (unpaired) electrons. The van der Waals surface area contributed by atoms with Crippen molar-refractivity contribution in [3.8, 4) is 17.2 Å². The predicted octanol–water partition coefficient (Wildman–Crippen LogP) is 3.56. The Morgan fingerprint density at radius 3 is 1.71 bits per heavy atom. The van der Waals surface area contributed by atoms with Gasteiger partial charge in [0.05, 0.1) is 21.3 Å². The van der Waals surface area contributed by atoms with Crippen molar-refractivity contribution in [2.75, 3.05) is 21.3 Å². The molecule has 0 bridgehead atoms. The van der Waals surface area contributed by atoms with Gasteiger partial charge in [0.15, 0.2) is 23.1 Å². The molecule has 0 aromatic heterocycles. The molecule has 0 fully saturated rings. The highest BCUT2D eigenvalue weighted by Crippen LogP contribution is 2.38. The smallest absolute Gasteiger partial charge is 0.203 e. The van der Waals surface area contributed by atoms with Crippen LogP contribution in [0.3, 0.4) is 0 Å². The second-order valence-electron chi connectivity index (χ2n) is 5.13. The van der Waals surface area contributed by atoms with Gasteiger partial charge in [-0.1, -0.05) is 30.3 Å². The molecule has 0 unspecified atom stereocenters. The third kappa shape index (κ3) is 3.93. The first-order valence-electron chi connectivity index (χ1n) is 7.52. The highest BCUT2D eigenvalue weighted by Gasteiger charge is 2.18. The first-order valence-corrected chi connectivity index (χ1v) is 7.52. The van der Waals surface area contributed by atoms with Gasteiger partial charge in [0.25, 0.3) is 0 Å². The first kappa shape index (κ1) is 17.5. The molecule has 2 rings (SSSR count). The molecule has 0 N–H and O–H groups in total. The number of carbonyl (C=O) groups is 2. The van der Waals surface area contributed by atoms with E-state index in [1.165, 1.54) is 21.3 Å². The van der Waals surface area contributed by atoms with Crippen LogP contribution in [0.4, 0.5) is 0 Å². The Morgan fingerprint density at radius 2 is 1.25 bits per heavy atom. The molecule has 0 saturated heterocycles. The van der Waals surface area contributed by atoms with Gasteiger partial charge in [-0.15, -0.1) is 0 Å². The van der Waals surface area contributed by atoms with Gasteiger partial charge in [0.2, 0.25) is 5.75 Å². The summed E-state index contributed by atoms with van der Waals surface area (Å²) in [6.45, 7) is 0. The summed E-state index contributed by atoms with van der Waals surface area (Å²) in [4.78, 5) is 24.5. The summed E-state index contributed by atoms with van der Waals surface area (Å²) in [5.74, 6) is 1.04. The van der Waals surface area contributed by atoms with Crippen molar-refractivity contribution in [2.24, 2.45) is 0 Å². The van der Waals surface area contributed by atoms with Crippen LogP contribution in [0, 0.1) is 0 Å². The third-order valence-corrected chi connectivity index (χ3v) is 3.66. The maximum atomic E-state index is 12.4. The lowest BCUT2D eigenvalue weighted by Crippen LogP contribution is -2.06. The van der Waals surface area contributed by atoms with Crippen LogP contribution in [0.1, 0.15) is 33.6 Å². The Morgan fingerprint density at radius 1 is 0.750 bits per heavy atom. The van der Waals surface area contributed by atoms with Gasteiger partial charge >= 0.3 is 0 Å². The number of methoxy groups -OCH3 is 3. The van der Waals surface area contributed by atoms with E-state index in [4.69, 9.17) is 14.2 Å². The van der Waals surface area contributed by atoms with Crippen LogP contribution in [0.2, 0.25) is 0 Å². The highest BCUT2D eigenvalue weighted by atomic mass is 16.5. The average molecular weight is 328 g/mol. The number of rotatable bonds is 8. The minimum Gasteiger partial charge on any atom is -0.493 e. The molecule has 0 heterocycles. The molecule has 5 nitrogen and oxygen atoms in total. The zero-order valence-corrected chi connectivity index (χ0v) is 14.0. The molecular formula is C19H20O5. The number of hydrogen-bond acceptors (Lipinski definition) is 5. The van der Waals surface area contributed by atoms with Gasteiger partial charge in [0, 0.05) is 24.0 Å². The molecule has 5 heteroatoms. The standard InChI is InChI=1S/C19H20O5/c1-22-17-11-14(12-18(23-2)19(17)24-3)16(21)10-9-15(20)13-7-5-4-6-8-13/h4-8,11-12H,9-10H2,1-3H3.